The Morgan fingerprint density at radius 2 is 1.71 bits per heavy atom. The fraction of sp³-hybridized carbons (Fsp3) is 0.238. The number of fused-ring (bicyclic) bond motifs is 2. The molecule has 4 rings (SSSR count). The first-order chi connectivity index (χ1) is 14.7. The topological polar surface area (TPSA) is 98.2 Å². The van der Waals surface area contributed by atoms with Gasteiger partial charge >= 0.3 is 12.0 Å². The molecular weight excluding hydrogens is 445 g/mol. The van der Waals surface area contributed by atoms with Crippen molar-refractivity contribution in [3.05, 3.63) is 63.6 Å². The van der Waals surface area contributed by atoms with Crippen molar-refractivity contribution < 1.29 is 24.3 Å². The molecular formula is C21H17Cl2N3O5. The zero-order chi connectivity index (χ0) is 22.5. The molecule has 1 unspecified atom stereocenters. The van der Waals surface area contributed by atoms with Gasteiger partial charge in [0.15, 0.2) is 0 Å². The summed E-state index contributed by atoms with van der Waals surface area (Å²) in [5.74, 6) is -2.79. The van der Waals surface area contributed by atoms with Crippen molar-refractivity contribution in [2.45, 2.75) is 12.0 Å². The van der Waals surface area contributed by atoms with Crippen LogP contribution < -0.4 is 4.90 Å². The number of urea groups is 1. The van der Waals surface area contributed by atoms with Gasteiger partial charge in [-0.15, -0.1) is 0 Å². The first-order valence-electron chi connectivity index (χ1n) is 9.36. The lowest BCUT2D eigenvalue weighted by atomic mass is 9.90. The van der Waals surface area contributed by atoms with Crippen molar-refractivity contribution in [1.82, 2.24) is 9.80 Å². The maximum atomic E-state index is 13.6. The van der Waals surface area contributed by atoms with E-state index in [0.717, 1.165) is 20.3 Å². The Labute approximate surface area is 187 Å². The Bertz CT molecular complexity index is 1140. The van der Waals surface area contributed by atoms with Gasteiger partial charge in [0, 0.05) is 29.2 Å². The van der Waals surface area contributed by atoms with Gasteiger partial charge in [-0.2, -0.15) is 0 Å². The molecule has 1 saturated heterocycles. The van der Waals surface area contributed by atoms with Crippen LogP contribution in [0.2, 0.25) is 10.0 Å². The molecule has 1 N–H and O–H groups in total. The van der Waals surface area contributed by atoms with E-state index in [4.69, 9.17) is 23.2 Å². The Hall–Kier alpha value is -3.10. The molecule has 10 heteroatoms. The summed E-state index contributed by atoms with van der Waals surface area (Å²) in [6.07, 6.45) is 0.302. The van der Waals surface area contributed by atoms with Crippen LogP contribution in [0.25, 0.3) is 0 Å². The van der Waals surface area contributed by atoms with Gasteiger partial charge in [-0.25, -0.2) is 4.79 Å². The first-order valence-corrected chi connectivity index (χ1v) is 10.1. The molecule has 2 aromatic rings. The van der Waals surface area contributed by atoms with Crippen LogP contribution in [-0.2, 0) is 26.3 Å². The fourth-order valence-corrected chi connectivity index (χ4v) is 4.56. The molecule has 4 amide bonds. The number of amides is 4. The van der Waals surface area contributed by atoms with Crippen molar-refractivity contribution in [2.75, 3.05) is 25.0 Å². The van der Waals surface area contributed by atoms with Crippen LogP contribution >= 0.6 is 23.2 Å². The predicted octanol–water partition coefficient (Wildman–Crippen LogP) is 2.76. The number of nitrogens with zero attached hydrogens (tertiary/aromatic N) is 3. The minimum absolute atomic E-state index is 0.00952. The van der Waals surface area contributed by atoms with Crippen LogP contribution in [0.4, 0.5) is 10.5 Å². The van der Waals surface area contributed by atoms with Crippen LogP contribution in [0, 0.1) is 0 Å². The number of carbonyl (C=O) groups excluding carboxylic acids is 3. The molecule has 0 bridgehead atoms. The van der Waals surface area contributed by atoms with Crippen molar-refractivity contribution in [1.29, 1.82) is 0 Å². The number of carbonyl (C=O) groups is 4. The number of hydrogen-bond acceptors (Lipinski definition) is 4. The van der Waals surface area contributed by atoms with Crippen LogP contribution in [0.5, 0.6) is 0 Å². The Balaban J connectivity index is 1.76. The van der Waals surface area contributed by atoms with E-state index in [9.17, 15) is 24.3 Å². The Morgan fingerprint density at radius 1 is 1.03 bits per heavy atom. The summed E-state index contributed by atoms with van der Waals surface area (Å²) in [6, 6.07) is 10.8. The average molecular weight is 462 g/mol. The van der Waals surface area contributed by atoms with Gasteiger partial charge in [0.2, 0.25) is 5.54 Å². The van der Waals surface area contributed by atoms with Crippen molar-refractivity contribution >= 4 is 52.7 Å². The van der Waals surface area contributed by atoms with Gasteiger partial charge in [-0.05, 0) is 36.2 Å². The largest absolute Gasteiger partial charge is 0.480 e. The molecule has 160 valence electrons. The molecule has 31 heavy (non-hydrogen) atoms. The number of anilines is 1. The van der Waals surface area contributed by atoms with Gasteiger partial charge in [-0.3, -0.25) is 24.2 Å². The number of carboxylic acid groups (broad SMARTS) is 1. The van der Waals surface area contributed by atoms with Crippen LogP contribution in [-0.4, -0.2) is 58.9 Å². The molecule has 2 aliphatic rings. The minimum Gasteiger partial charge on any atom is -0.480 e. The average Bonchev–Trinajstić information content (AvgIpc) is 3.06. The number of halogens is 2. The zero-order valence-corrected chi connectivity index (χ0v) is 17.9. The number of carboxylic acids is 1. The third kappa shape index (κ3) is 3.05. The summed E-state index contributed by atoms with van der Waals surface area (Å²) in [6.45, 7) is -0.639. The van der Waals surface area contributed by atoms with Crippen molar-refractivity contribution in [2.24, 2.45) is 0 Å². The maximum absolute atomic E-state index is 13.6. The summed E-state index contributed by atoms with van der Waals surface area (Å²) in [5.41, 5.74) is -0.820. The molecule has 2 aromatic carbocycles. The fourth-order valence-electron chi connectivity index (χ4n) is 4.16. The Morgan fingerprint density at radius 3 is 2.39 bits per heavy atom. The van der Waals surface area contributed by atoms with Crippen LogP contribution in [0.3, 0.4) is 0 Å². The summed E-state index contributed by atoms with van der Waals surface area (Å²) in [7, 11) is 1.35. The SMILES string of the molecule is CN1C(=O)N(CCc2ccccc2Cl)C(=O)C12C(=O)N(CC(=O)O)c1ccc(Cl)cc12. The quantitative estimate of drug-likeness (QED) is 0.545. The second-order valence-electron chi connectivity index (χ2n) is 7.30. The second-order valence-corrected chi connectivity index (χ2v) is 8.14. The van der Waals surface area contributed by atoms with E-state index < -0.39 is 35.9 Å². The summed E-state index contributed by atoms with van der Waals surface area (Å²) >= 11 is 12.3. The van der Waals surface area contributed by atoms with Crippen molar-refractivity contribution in [3.63, 3.8) is 0 Å². The summed E-state index contributed by atoms with van der Waals surface area (Å²) < 4.78 is 0. The molecule has 1 fully saturated rings. The molecule has 1 atom stereocenters. The number of imide groups is 1. The summed E-state index contributed by atoms with van der Waals surface area (Å²) in [4.78, 5) is 54.4. The highest BCUT2D eigenvalue weighted by Crippen LogP contribution is 2.48. The smallest absolute Gasteiger partial charge is 0.328 e. The summed E-state index contributed by atoms with van der Waals surface area (Å²) in [5, 5.41) is 10.0. The van der Waals surface area contributed by atoms with E-state index in [1.54, 1.807) is 24.3 Å². The number of aliphatic carboxylic acids is 1. The Kier molecular flexibility index (Phi) is 5.15. The monoisotopic (exact) mass is 461 g/mol. The maximum Gasteiger partial charge on any atom is 0.328 e. The van der Waals surface area contributed by atoms with E-state index in [-0.39, 0.29) is 22.8 Å². The molecule has 1 spiro atoms. The minimum atomic E-state index is -1.99. The van der Waals surface area contributed by atoms with Gasteiger partial charge < -0.3 is 10.0 Å². The van der Waals surface area contributed by atoms with Gasteiger partial charge in [0.25, 0.3) is 11.8 Å². The second kappa shape index (κ2) is 7.55. The lowest BCUT2D eigenvalue weighted by molar-refractivity contribution is -0.143. The number of benzene rings is 2. The zero-order valence-electron chi connectivity index (χ0n) is 16.3. The molecule has 2 heterocycles. The highest BCUT2D eigenvalue weighted by molar-refractivity contribution is 6.32. The van der Waals surface area contributed by atoms with Crippen LogP contribution in [0.1, 0.15) is 11.1 Å². The van der Waals surface area contributed by atoms with E-state index in [1.165, 1.54) is 25.2 Å². The first kappa shape index (κ1) is 21.1. The number of hydrogen-bond donors (Lipinski definition) is 1. The molecule has 0 radical (unpaired) electrons. The van der Waals surface area contributed by atoms with E-state index in [2.05, 4.69) is 0 Å². The third-order valence-corrected chi connectivity index (χ3v) is 6.23. The van der Waals surface area contributed by atoms with Gasteiger partial charge in [0.1, 0.15) is 6.54 Å². The van der Waals surface area contributed by atoms with Gasteiger partial charge in [-0.1, -0.05) is 41.4 Å². The lowest BCUT2D eigenvalue weighted by Crippen LogP contribution is -2.53. The predicted molar refractivity (Wildman–Crippen MR) is 113 cm³/mol. The molecule has 0 saturated carbocycles. The highest BCUT2D eigenvalue weighted by Gasteiger charge is 2.67. The standard InChI is InChI=1S/C21H17Cl2N3O5/c1-24-20(31)25(9-8-12-4-2-3-5-15(12)23)18(29)21(24)14-10-13(22)6-7-16(14)26(19(21)30)11-17(27)28/h2-7,10H,8-9,11H2,1H3,(H,27,28). The van der Waals surface area contributed by atoms with E-state index in [1.807, 2.05) is 0 Å². The van der Waals surface area contributed by atoms with Crippen LogP contribution in [0.15, 0.2) is 42.5 Å². The number of likely N-dealkylation sites (N-methyl/N-ethyl adjacent to an activating group) is 1. The van der Waals surface area contributed by atoms with E-state index >= 15 is 0 Å². The molecule has 8 nitrogen and oxygen atoms in total. The molecule has 0 aromatic heterocycles. The van der Waals surface area contributed by atoms with Crippen molar-refractivity contribution in [3.8, 4) is 0 Å². The normalized spacial score (nSPS) is 20.2. The highest BCUT2D eigenvalue weighted by atomic mass is 35.5. The molecule has 2 aliphatic heterocycles. The molecule has 0 aliphatic carbocycles. The lowest BCUT2D eigenvalue weighted by Gasteiger charge is -2.27. The third-order valence-electron chi connectivity index (χ3n) is 5.63. The van der Waals surface area contributed by atoms with Gasteiger partial charge in [0.05, 0.1) is 5.69 Å². The number of rotatable bonds is 5. The van der Waals surface area contributed by atoms with E-state index in [0.29, 0.717) is 11.4 Å².